The van der Waals surface area contributed by atoms with Gasteiger partial charge in [-0.2, -0.15) is 0 Å². The second kappa shape index (κ2) is 6.30. The number of halogens is 1. The Hall–Kier alpha value is -1.69. The summed E-state index contributed by atoms with van der Waals surface area (Å²) in [5.74, 6) is -0.203. The number of rotatable bonds is 6. The van der Waals surface area contributed by atoms with E-state index in [2.05, 4.69) is 5.32 Å². The summed E-state index contributed by atoms with van der Waals surface area (Å²) in [6.45, 7) is 4.46. The van der Waals surface area contributed by atoms with Crippen LogP contribution >= 0.6 is 0 Å². The van der Waals surface area contributed by atoms with Gasteiger partial charge in [-0.15, -0.1) is 0 Å². The molecule has 18 heavy (non-hydrogen) atoms. The largest absolute Gasteiger partial charge is 0.375 e. The van der Waals surface area contributed by atoms with Crippen LogP contribution in [0.1, 0.15) is 20.3 Å². The van der Waals surface area contributed by atoms with E-state index in [0.717, 1.165) is 12.5 Å². The van der Waals surface area contributed by atoms with Crippen molar-refractivity contribution in [3.8, 4) is 0 Å². The zero-order valence-corrected chi connectivity index (χ0v) is 10.5. The van der Waals surface area contributed by atoms with E-state index in [1.807, 2.05) is 13.8 Å². The second-order valence-electron chi connectivity index (χ2n) is 4.63. The van der Waals surface area contributed by atoms with Crippen LogP contribution < -0.4 is 11.1 Å². The lowest BCUT2D eigenvalue weighted by Gasteiger charge is -2.19. The molecule has 1 unspecified atom stereocenters. The summed E-state index contributed by atoms with van der Waals surface area (Å²) >= 11 is 0. The first-order valence-electron chi connectivity index (χ1n) is 5.84. The van der Waals surface area contributed by atoms with Crippen molar-refractivity contribution in [2.24, 2.45) is 11.7 Å². The van der Waals surface area contributed by atoms with Crippen molar-refractivity contribution >= 4 is 11.4 Å². The topological polar surface area (TPSA) is 81.2 Å². The molecule has 0 aliphatic carbocycles. The van der Waals surface area contributed by atoms with Gasteiger partial charge < -0.3 is 11.1 Å². The lowest BCUT2D eigenvalue weighted by atomic mass is 10.0. The Balaban J connectivity index is 2.91. The van der Waals surface area contributed by atoms with Gasteiger partial charge in [0.2, 0.25) is 0 Å². The van der Waals surface area contributed by atoms with Gasteiger partial charge >= 0.3 is 0 Å². The van der Waals surface area contributed by atoms with Gasteiger partial charge in [0.05, 0.1) is 11.0 Å². The van der Waals surface area contributed by atoms with E-state index in [4.69, 9.17) is 5.73 Å². The number of hydrogen-bond acceptors (Lipinski definition) is 4. The molecular formula is C12H18FN3O2. The maximum atomic E-state index is 13.0. The Labute approximate surface area is 105 Å². The van der Waals surface area contributed by atoms with Crippen molar-refractivity contribution in [3.63, 3.8) is 0 Å². The van der Waals surface area contributed by atoms with Crippen molar-refractivity contribution in [3.05, 3.63) is 34.1 Å². The molecule has 0 spiro atoms. The van der Waals surface area contributed by atoms with Crippen LogP contribution in [0.2, 0.25) is 0 Å². The molecule has 1 aromatic carbocycles. The smallest absolute Gasteiger partial charge is 0.295 e. The minimum absolute atomic E-state index is 0.0610. The number of nitro groups is 1. The van der Waals surface area contributed by atoms with Crippen molar-refractivity contribution in [1.82, 2.24) is 0 Å². The predicted octanol–water partition coefficient (Wildman–Crippen LogP) is 2.52. The molecule has 0 bridgehead atoms. The Kier molecular flexibility index (Phi) is 5.03. The minimum Gasteiger partial charge on any atom is -0.375 e. The molecule has 1 atom stereocenters. The number of anilines is 1. The van der Waals surface area contributed by atoms with Crippen LogP contribution in [-0.4, -0.2) is 17.5 Å². The third kappa shape index (κ3) is 3.96. The van der Waals surface area contributed by atoms with Crippen molar-refractivity contribution in [2.75, 3.05) is 11.9 Å². The van der Waals surface area contributed by atoms with E-state index in [1.54, 1.807) is 0 Å². The molecule has 0 amide bonds. The van der Waals surface area contributed by atoms with Gasteiger partial charge in [0.1, 0.15) is 11.5 Å². The molecule has 0 aliphatic heterocycles. The van der Waals surface area contributed by atoms with Gasteiger partial charge in [-0.1, -0.05) is 13.8 Å². The molecule has 0 heterocycles. The summed E-state index contributed by atoms with van der Waals surface area (Å²) < 4.78 is 13.0. The van der Waals surface area contributed by atoms with Crippen LogP contribution in [0.5, 0.6) is 0 Å². The Morgan fingerprint density at radius 1 is 1.50 bits per heavy atom. The average molecular weight is 255 g/mol. The highest BCUT2D eigenvalue weighted by Crippen LogP contribution is 2.26. The first kappa shape index (κ1) is 14.4. The van der Waals surface area contributed by atoms with Crippen LogP contribution in [-0.2, 0) is 0 Å². The third-order valence-electron chi connectivity index (χ3n) is 2.56. The van der Waals surface area contributed by atoms with E-state index < -0.39 is 10.7 Å². The standard InChI is InChI=1S/C12H18FN3O2/c1-8(2)5-10(7-14)15-11-4-3-9(13)6-12(11)16(17)18/h3-4,6,8,10,15H,5,7,14H2,1-2H3. The Morgan fingerprint density at radius 3 is 2.67 bits per heavy atom. The first-order valence-corrected chi connectivity index (χ1v) is 5.84. The summed E-state index contributed by atoms with van der Waals surface area (Å²) in [7, 11) is 0. The van der Waals surface area contributed by atoms with Gasteiger partial charge in [0, 0.05) is 12.6 Å². The number of benzene rings is 1. The quantitative estimate of drug-likeness (QED) is 0.604. The second-order valence-corrected chi connectivity index (χ2v) is 4.63. The molecule has 0 saturated heterocycles. The molecular weight excluding hydrogens is 237 g/mol. The fourth-order valence-corrected chi connectivity index (χ4v) is 1.78. The van der Waals surface area contributed by atoms with Crippen LogP contribution in [0, 0.1) is 21.8 Å². The number of nitrogens with one attached hydrogen (secondary N) is 1. The zero-order chi connectivity index (χ0) is 13.7. The summed E-state index contributed by atoms with van der Waals surface area (Å²) in [5.41, 5.74) is 5.66. The molecule has 100 valence electrons. The molecule has 1 rings (SSSR count). The molecule has 1 aromatic rings. The summed E-state index contributed by atoms with van der Waals surface area (Å²) in [6.07, 6.45) is 0.797. The molecule has 5 nitrogen and oxygen atoms in total. The highest BCUT2D eigenvalue weighted by Gasteiger charge is 2.18. The number of nitrogens with two attached hydrogens (primary N) is 1. The molecule has 0 aliphatic rings. The maximum Gasteiger partial charge on any atom is 0.295 e. The molecule has 6 heteroatoms. The van der Waals surface area contributed by atoms with E-state index in [1.165, 1.54) is 12.1 Å². The van der Waals surface area contributed by atoms with Gasteiger partial charge in [-0.05, 0) is 24.5 Å². The molecule has 0 aromatic heterocycles. The molecule has 0 radical (unpaired) electrons. The molecule has 0 fully saturated rings. The van der Waals surface area contributed by atoms with Crippen LogP contribution in [0.3, 0.4) is 0 Å². The predicted molar refractivity (Wildman–Crippen MR) is 69.0 cm³/mol. The Bertz CT molecular complexity index is 424. The van der Waals surface area contributed by atoms with Crippen LogP contribution in [0.15, 0.2) is 18.2 Å². The van der Waals surface area contributed by atoms with E-state index in [9.17, 15) is 14.5 Å². The fraction of sp³-hybridized carbons (Fsp3) is 0.500. The molecule has 0 saturated carbocycles. The van der Waals surface area contributed by atoms with E-state index >= 15 is 0 Å². The van der Waals surface area contributed by atoms with Crippen LogP contribution in [0.4, 0.5) is 15.8 Å². The average Bonchev–Trinajstić information content (AvgIpc) is 2.29. The summed E-state index contributed by atoms with van der Waals surface area (Å²) in [5, 5.41) is 13.8. The number of hydrogen-bond donors (Lipinski definition) is 2. The monoisotopic (exact) mass is 255 g/mol. The van der Waals surface area contributed by atoms with Crippen molar-refractivity contribution in [1.29, 1.82) is 0 Å². The lowest BCUT2D eigenvalue weighted by Crippen LogP contribution is -2.30. The van der Waals surface area contributed by atoms with Crippen molar-refractivity contribution in [2.45, 2.75) is 26.3 Å². The minimum atomic E-state index is -0.625. The molecule has 3 N–H and O–H groups in total. The fourth-order valence-electron chi connectivity index (χ4n) is 1.78. The Morgan fingerprint density at radius 2 is 2.17 bits per heavy atom. The normalized spacial score (nSPS) is 12.5. The zero-order valence-electron chi connectivity index (χ0n) is 10.5. The third-order valence-corrected chi connectivity index (χ3v) is 2.56. The van der Waals surface area contributed by atoms with Gasteiger partial charge in [-0.25, -0.2) is 4.39 Å². The van der Waals surface area contributed by atoms with Gasteiger partial charge in [0.25, 0.3) is 5.69 Å². The number of nitrogens with zero attached hydrogens (tertiary/aromatic N) is 1. The summed E-state index contributed by atoms with van der Waals surface area (Å²) in [6, 6.07) is 3.41. The SMILES string of the molecule is CC(C)CC(CN)Nc1ccc(F)cc1[N+](=O)[O-]. The van der Waals surface area contributed by atoms with E-state index in [-0.39, 0.29) is 11.7 Å². The summed E-state index contributed by atoms with van der Waals surface area (Å²) in [4.78, 5) is 10.2. The first-order chi connectivity index (χ1) is 8.43. The highest BCUT2D eigenvalue weighted by molar-refractivity contribution is 5.61. The van der Waals surface area contributed by atoms with Crippen molar-refractivity contribution < 1.29 is 9.31 Å². The lowest BCUT2D eigenvalue weighted by molar-refractivity contribution is -0.384. The van der Waals surface area contributed by atoms with Gasteiger partial charge in [0.15, 0.2) is 0 Å². The van der Waals surface area contributed by atoms with E-state index in [0.29, 0.717) is 18.2 Å². The maximum absolute atomic E-state index is 13.0. The highest BCUT2D eigenvalue weighted by atomic mass is 19.1. The van der Waals surface area contributed by atoms with Crippen LogP contribution in [0.25, 0.3) is 0 Å². The number of nitro benzene ring substituents is 1. The van der Waals surface area contributed by atoms with Gasteiger partial charge in [-0.3, -0.25) is 10.1 Å².